The number of hydrogen-bond acceptors (Lipinski definition) is 3. The van der Waals surface area contributed by atoms with Gasteiger partial charge < -0.3 is 4.74 Å². The average molecular weight is 596 g/mol. The van der Waals surface area contributed by atoms with Gasteiger partial charge in [0, 0.05) is 40.1 Å². The van der Waals surface area contributed by atoms with Crippen LogP contribution in [0.2, 0.25) is 0 Å². The van der Waals surface area contributed by atoms with Gasteiger partial charge in [-0.1, -0.05) is 63.2 Å². The maximum Gasteiger partial charge on any atom is 0.136 e. The second-order valence-corrected chi connectivity index (χ2v) is 12.1. The first-order valence-corrected chi connectivity index (χ1v) is 14.0. The van der Waals surface area contributed by atoms with Crippen LogP contribution in [0.25, 0.3) is 0 Å². The van der Waals surface area contributed by atoms with Gasteiger partial charge >= 0.3 is 0 Å². The Kier molecular flexibility index (Phi) is 8.25. The fourth-order valence-corrected chi connectivity index (χ4v) is 5.97. The van der Waals surface area contributed by atoms with Gasteiger partial charge in [0.2, 0.25) is 0 Å². The third-order valence-corrected chi connectivity index (χ3v) is 8.52. The molecule has 0 radical (unpaired) electrons. The predicted molar refractivity (Wildman–Crippen MR) is 157 cm³/mol. The van der Waals surface area contributed by atoms with Gasteiger partial charge in [-0.05, 0) is 95.8 Å². The maximum absolute atomic E-state index is 12.9. The molecule has 3 aromatic rings. The lowest BCUT2D eigenvalue weighted by atomic mass is 9.68. The number of para-hydroxylation sites is 1. The number of halogens is 1. The van der Waals surface area contributed by atoms with Gasteiger partial charge in [-0.3, -0.25) is 9.69 Å². The zero-order valence-corrected chi connectivity index (χ0v) is 24.6. The Morgan fingerprint density at radius 2 is 1.83 bits per heavy atom. The normalized spacial score (nSPS) is 17.1. The van der Waals surface area contributed by atoms with Gasteiger partial charge in [0.05, 0.1) is 0 Å². The first kappa shape index (κ1) is 26.9. The Morgan fingerprint density at radius 1 is 1.08 bits per heavy atom. The van der Waals surface area contributed by atoms with Gasteiger partial charge in [-0.25, -0.2) is 0 Å². The van der Waals surface area contributed by atoms with Crippen molar-refractivity contribution in [2.75, 3.05) is 6.54 Å². The lowest BCUT2D eigenvalue weighted by Crippen LogP contribution is -2.33. The van der Waals surface area contributed by atoms with Crippen LogP contribution in [0.3, 0.4) is 0 Å². The maximum atomic E-state index is 12.9. The molecule has 1 unspecified atom stereocenters. The predicted octanol–water partition coefficient (Wildman–Crippen LogP) is 7.83. The number of rotatable bonds is 7. The molecule has 0 saturated heterocycles. The lowest BCUT2D eigenvalue weighted by molar-refractivity contribution is -0.125. The van der Waals surface area contributed by atoms with Gasteiger partial charge in [-0.2, -0.15) is 0 Å². The summed E-state index contributed by atoms with van der Waals surface area (Å²) < 4.78 is 7.55. The van der Waals surface area contributed by atoms with Crippen LogP contribution in [0.5, 0.6) is 5.75 Å². The number of benzene rings is 3. The Labute approximate surface area is 230 Å². The van der Waals surface area contributed by atoms with E-state index in [1.807, 2.05) is 0 Å². The highest BCUT2D eigenvalue weighted by Gasteiger charge is 2.37. The van der Waals surface area contributed by atoms with Crippen molar-refractivity contribution in [3.05, 3.63) is 97.6 Å². The summed E-state index contributed by atoms with van der Waals surface area (Å²) in [6.07, 6.45) is 1.15. The van der Waals surface area contributed by atoms with Crippen molar-refractivity contribution in [1.29, 1.82) is 0 Å². The lowest BCUT2D eigenvalue weighted by Gasteiger charge is -2.35. The minimum absolute atomic E-state index is 0.0112. The monoisotopic (exact) mass is 595 g/mol. The first-order chi connectivity index (χ1) is 17.1. The highest BCUT2D eigenvalue weighted by Crippen LogP contribution is 2.43. The van der Waals surface area contributed by atoms with E-state index in [9.17, 15) is 4.79 Å². The number of carbonyl (C=O) groups is 1. The van der Waals surface area contributed by atoms with E-state index in [1.165, 1.54) is 37.0 Å². The van der Waals surface area contributed by atoms with Gasteiger partial charge in [0.25, 0.3) is 0 Å². The molecule has 0 fully saturated rings. The summed E-state index contributed by atoms with van der Waals surface area (Å²) in [6.45, 7) is 15.1. The molecule has 0 bridgehead atoms. The van der Waals surface area contributed by atoms with Crippen molar-refractivity contribution >= 4 is 28.4 Å². The van der Waals surface area contributed by atoms with Crippen molar-refractivity contribution in [3.8, 4) is 5.75 Å². The Bertz CT molecular complexity index is 1250. The third-order valence-electron chi connectivity index (χ3n) is 7.85. The van der Waals surface area contributed by atoms with Crippen LogP contribution in [0.4, 0.5) is 0 Å². The zero-order chi connectivity index (χ0) is 26.0. The Hall–Kier alpha value is -2.18. The molecular formula is C32H38INO2. The summed E-state index contributed by atoms with van der Waals surface area (Å²) in [7, 11) is 0. The minimum Gasteiger partial charge on any atom is -0.489 e. The van der Waals surface area contributed by atoms with Crippen LogP contribution in [-0.2, 0) is 17.9 Å². The average Bonchev–Trinajstić information content (AvgIpc) is 3.01. The molecule has 0 amide bonds. The number of carbonyl (C=O) groups excluding carboxylic acids is 1. The fraction of sp³-hybridized carbons (Fsp3) is 0.406. The molecule has 3 nitrogen and oxygen atoms in total. The van der Waals surface area contributed by atoms with Gasteiger partial charge in [-0.15, -0.1) is 0 Å². The fourth-order valence-electron chi connectivity index (χ4n) is 5.33. The number of Topliss-reactive ketones (excluding diaryl/α,β-unsaturated/α-hetero) is 1. The molecule has 36 heavy (non-hydrogen) atoms. The number of nitrogens with zero attached hydrogens (tertiary/aromatic N) is 1. The summed E-state index contributed by atoms with van der Waals surface area (Å²) in [4.78, 5) is 15.4. The molecule has 4 rings (SSSR count). The molecule has 2 atom stereocenters. The van der Waals surface area contributed by atoms with Crippen molar-refractivity contribution in [1.82, 2.24) is 4.90 Å². The molecule has 1 aliphatic heterocycles. The molecule has 0 aliphatic carbocycles. The molecule has 0 N–H and O–H groups in total. The standard InChI is InChI=1S/C32H38INO2/c1-7-28-20-34(18-25-10-8-9-11-30(25)36-28)19-26-17-24(13-12-21(26)2)31(32(5,6)23(4)35)29-15-14-27(33)16-22(29)3/h8-17,28,31H,7,18-20H2,1-6H3/t28-,31?/m1/s1. The van der Waals surface area contributed by atoms with Crippen LogP contribution in [0, 0.1) is 22.8 Å². The van der Waals surface area contributed by atoms with E-state index in [1.54, 1.807) is 6.92 Å². The van der Waals surface area contributed by atoms with E-state index in [2.05, 4.69) is 123 Å². The molecule has 1 aliphatic rings. The highest BCUT2D eigenvalue weighted by molar-refractivity contribution is 14.1. The molecule has 0 aromatic heterocycles. The molecule has 0 saturated carbocycles. The van der Waals surface area contributed by atoms with Crippen LogP contribution >= 0.6 is 22.6 Å². The number of ether oxygens (including phenoxy) is 1. The Morgan fingerprint density at radius 3 is 2.53 bits per heavy atom. The SMILES string of the molecule is CC[C@@H]1CN(Cc2cc(C(c3ccc(I)cc3C)C(C)(C)C(C)=O)ccc2C)Cc2ccccc2O1. The largest absolute Gasteiger partial charge is 0.489 e. The van der Waals surface area contributed by atoms with Crippen LogP contribution in [0.15, 0.2) is 60.7 Å². The second kappa shape index (κ2) is 11.1. The van der Waals surface area contributed by atoms with E-state index >= 15 is 0 Å². The quantitative estimate of drug-likeness (QED) is 0.261. The van der Waals surface area contributed by atoms with E-state index < -0.39 is 5.41 Å². The summed E-state index contributed by atoms with van der Waals surface area (Å²) in [5.74, 6) is 1.21. The van der Waals surface area contributed by atoms with E-state index in [0.29, 0.717) is 0 Å². The zero-order valence-electron chi connectivity index (χ0n) is 22.4. The molecule has 0 spiro atoms. The second-order valence-electron chi connectivity index (χ2n) is 10.8. The summed E-state index contributed by atoms with van der Waals surface area (Å²) in [5.41, 5.74) is 6.99. The van der Waals surface area contributed by atoms with E-state index in [0.717, 1.165) is 31.8 Å². The molecule has 3 aromatic carbocycles. The van der Waals surface area contributed by atoms with Crippen molar-refractivity contribution in [3.63, 3.8) is 0 Å². The van der Waals surface area contributed by atoms with E-state index in [-0.39, 0.29) is 17.8 Å². The first-order valence-electron chi connectivity index (χ1n) is 12.9. The van der Waals surface area contributed by atoms with Crippen LogP contribution in [-0.4, -0.2) is 23.3 Å². The number of fused-ring (bicyclic) bond motifs is 1. The Balaban J connectivity index is 1.73. The van der Waals surface area contributed by atoms with Crippen LogP contribution < -0.4 is 4.74 Å². The number of ketones is 1. The third kappa shape index (κ3) is 5.70. The topological polar surface area (TPSA) is 29.5 Å². The number of aryl methyl sites for hydroxylation is 2. The summed E-state index contributed by atoms with van der Waals surface area (Å²) in [5, 5.41) is 0. The van der Waals surface area contributed by atoms with E-state index in [4.69, 9.17) is 4.74 Å². The minimum atomic E-state index is -0.521. The van der Waals surface area contributed by atoms with Crippen LogP contribution in [0.1, 0.15) is 73.4 Å². The summed E-state index contributed by atoms with van der Waals surface area (Å²) >= 11 is 2.36. The van der Waals surface area contributed by atoms with Crippen molar-refractivity contribution in [2.45, 2.75) is 73.1 Å². The highest BCUT2D eigenvalue weighted by atomic mass is 127. The number of hydrogen-bond donors (Lipinski definition) is 0. The molecular weight excluding hydrogens is 557 g/mol. The van der Waals surface area contributed by atoms with Crippen molar-refractivity contribution < 1.29 is 9.53 Å². The smallest absolute Gasteiger partial charge is 0.136 e. The van der Waals surface area contributed by atoms with Gasteiger partial charge in [0.15, 0.2) is 0 Å². The van der Waals surface area contributed by atoms with Gasteiger partial charge in [0.1, 0.15) is 17.6 Å². The molecule has 4 heteroatoms. The van der Waals surface area contributed by atoms with Crippen molar-refractivity contribution in [2.24, 2.45) is 5.41 Å². The molecule has 1 heterocycles. The summed E-state index contributed by atoms with van der Waals surface area (Å²) in [6, 6.07) is 21.8. The molecule has 190 valence electrons.